The summed E-state index contributed by atoms with van der Waals surface area (Å²) in [6.45, 7) is 9.47. The van der Waals surface area contributed by atoms with Crippen molar-refractivity contribution in [2.75, 3.05) is 7.05 Å². The minimum atomic E-state index is 0.0913. The van der Waals surface area contributed by atoms with Crippen LogP contribution in [0.2, 0.25) is 0 Å². The van der Waals surface area contributed by atoms with Crippen molar-refractivity contribution >= 4 is 5.78 Å². The molecule has 2 nitrogen and oxygen atoms in total. The molecule has 0 saturated heterocycles. The maximum absolute atomic E-state index is 11.7. The summed E-state index contributed by atoms with van der Waals surface area (Å²) in [5.41, 5.74) is 0.726. The predicted molar refractivity (Wildman–Crippen MR) is 56.2 cm³/mol. The van der Waals surface area contributed by atoms with Crippen LogP contribution >= 0.6 is 0 Å². The monoisotopic (exact) mass is 181 g/mol. The SMILES string of the molecule is C=CN(C)C(=CC)C(=O)C(C)CC. The van der Waals surface area contributed by atoms with Gasteiger partial charge in [0.2, 0.25) is 0 Å². The van der Waals surface area contributed by atoms with E-state index < -0.39 is 0 Å². The first kappa shape index (κ1) is 11.9. The summed E-state index contributed by atoms with van der Waals surface area (Å²) in [5.74, 6) is 0.279. The lowest BCUT2D eigenvalue weighted by Gasteiger charge is -2.19. The molecule has 0 aromatic rings. The zero-order valence-electron chi connectivity index (χ0n) is 9.00. The van der Waals surface area contributed by atoms with E-state index in [4.69, 9.17) is 0 Å². The second-order valence-corrected chi connectivity index (χ2v) is 3.14. The van der Waals surface area contributed by atoms with Crippen molar-refractivity contribution in [3.05, 3.63) is 24.6 Å². The van der Waals surface area contributed by atoms with Gasteiger partial charge in [-0.3, -0.25) is 4.79 Å². The number of hydrogen-bond donors (Lipinski definition) is 0. The summed E-state index contributed by atoms with van der Waals surface area (Å²) in [4.78, 5) is 13.5. The number of Topliss-reactive ketones (excluding diaryl/α,β-unsaturated/α-hetero) is 1. The molecule has 1 unspecified atom stereocenters. The van der Waals surface area contributed by atoms with Crippen LogP contribution < -0.4 is 0 Å². The van der Waals surface area contributed by atoms with Gasteiger partial charge in [0.05, 0.1) is 5.70 Å². The van der Waals surface area contributed by atoms with Gasteiger partial charge in [0.15, 0.2) is 5.78 Å². The first-order chi connectivity index (χ1) is 6.08. The highest BCUT2D eigenvalue weighted by Gasteiger charge is 2.16. The Labute approximate surface area is 80.9 Å². The van der Waals surface area contributed by atoms with E-state index in [1.807, 2.05) is 33.9 Å². The van der Waals surface area contributed by atoms with E-state index >= 15 is 0 Å². The van der Waals surface area contributed by atoms with E-state index in [9.17, 15) is 4.79 Å². The third-order valence-corrected chi connectivity index (χ3v) is 2.24. The summed E-state index contributed by atoms with van der Waals surface area (Å²) >= 11 is 0. The number of rotatable bonds is 5. The van der Waals surface area contributed by atoms with Gasteiger partial charge >= 0.3 is 0 Å². The van der Waals surface area contributed by atoms with E-state index in [0.29, 0.717) is 0 Å². The standard InChI is InChI=1S/C11H19NO/c1-6-9(4)11(13)10(7-2)12(5)8-3/h7-9H,3,6H2,1-2,4-5H3. The summed E-state index contributed by atoms with van der Waals surface area (Å²) in [6, 6.07) is 0. The Morgan fingerprint density at radius 2 is 2.15 bits per heavy atom. The molecule has 0 rings (SSSR count). The number of nitrogens with zero attached hydrogens (tertiary/aromatic N) is 1. The lowest BCUT2D eigenvalue weighted by atomic mass is 10.0. The molecule has 0 aliphatic heterocycles. The maximum atomic E-state index is 11.7. The first-order valence-electron chi connectivity index (χ1n) is 4.64. The topological polar surface area (TPSA) is 20.3 Å². The average Bonchev–Trinajstić information content (AvgIpc) is 2.17. The van der Waals surface area contributed by atoms with E-state index in [-0.39, 0.29) is 11.7 Å². The molecule has 0 aliphatic rings. The van der Waals surface area contributed by atoms with Crippen molar-refractivity contribution < 1.29 is 4.79 Å². The molecule has 13 heavy (non-hydrogen) atoms. The Hall–Kier alpha value is -1.05. The fourth-order valence-corrected chi connectivity index (χ4v) is 1.06. The van der Waals surface area contributed by atoms with Crippen LogP contribution in [0.5, 0.6) is 0 Å². The maximum Gasteiger partial charge on any atom is 0.181 e. The molecule has 0 aliphatic carbocycles. The molecule has 0 aromatic carbocycles. The minimum absolute atomic E-state index is 0.0913. The normalized spacial score (nSPS) is 13.7. The Morgan fingerprint density at radius 3 is 2.46 bits per heavy atom. The largest absolute Gasteiger partial charge is 0.349 e. The lowest BCUT2D eigenvalue weighted by molar-refractivity contribution is -0.119. The van der Waals surface area contributed by atoms with Crippen molar-refractivity contribution in [1.82, 2.24) is 4.90 Å². The number of likely N-dealkylation sites (N-methyl/N-ethyl adjacent to an activating group) is 1. The number of hydrogen-bond acceptors (Lipinski definition) is 2. The van der Waals surface area contributed by atoms with E-state index in [1.165, 1.54) is 0 Å². The van der Waals surface area contributed by atoms with Crippen LogP contribution in [-0.4, -0.2) is 17.7 Å². The quantitative estimate of drug-likeness (QED) is 0.607. The van der Waals surface area contributed by atoms with Gasteiger partial charge in [-0.1, -0.05) is 26.5 Å². The number of ketones is 1. The highest BCUT2D eigenvalue weighted by Crippen LogP contribution is 2.12. The Bertz CT molecular complexity index is 218. The first-order valence-corrected chi connectivity index (χ1v) is 4.64. The molecular formula is C11H19NO. The minimum Gasteiger partial charge on any atom is -0.349 e. The molecule has 0 amide bonds. The third-order valence-electron chi connectivity index (χ3n) is 2.24. The zero-order chi connectivity index (χ0) is 10.4. The second kappa shape index (κ2) is 5.57. The van der Waals surface area contributed by atoms with E-state index in [1.54, 1.807) is 11.1 Å². The van der Waals surface area contributed by atoms with Crippen LogP contribution in [0.25, 0.3) is 0 Å². The number of carbonyl (C=O) groups excluding carboxylic acids is 1. The zero-order valence-corrected chi connectivity index (χ0v) is 9.00. The average molecular weight is 181 g/mol. The van der Waals surface area contributed by atoms with Crippen LogP contribution in [-0.2, 0) is 4.79 Å². The molecule has 1 atom stereocenters. The van der Waals surface area contributed by atoms with Gasteiger partial charge in [-0.2, -0.15) is 0 Å². The fraction of sp³-hybridized carbons (Fsp3) is 0.545. The summed E-state index contributed by atoms with van der Waals surface area (Å²) in [5, 5.41) is 0. The van der Waals surface area contributed by atoms with Gasteiger partial charge in [0.1, 0.15) is 0 Å². The van der Waals surface area contributed by atoms with Gasteiger partial charge in [0.25, 0.3) is 0 Å². The molecular weight excluding hydrogens is 162 g/mol. The smallest absolute Gasteiger partial charge is 0.181 e. The molecule has 0 aromatic heterocycles. The van der Waals surface area contributed by atoms with Crippen LogP contribution in [0.3, 0.4) is 0 Å². The fourth-order valence-electron chi connectivity index (χ4n) is 1.06. The van der Waals surface area contributed by atoms with Crippen molar-refractivity contribution in [1.29, 1.82) is 0 Å². The van der Waals surface area contributed by atoms with E-state index in [0.717, 1.165) is 12.1 Å². The van der Waals surface area contributed by atoms with Crippen molar-refractivity contribution in [3.63, 3.8) is 0 Å². The molecule has 0 saturated carbocycles. The molecule has 0 bridgehead atoms. The number of carbonyl (C=O) groups is 1. The van der Waals surface area contributed by atoms with Gasteiger partial charge < -0.3 is 4.90 Å². The molecule has 0 N–H and O–H groups in total. The second-order valence-electron chi connectivity index (χ2n) is 3.14. The molecule has 74 valence electrons. The van der Waals surface area contributed by atoms with E-state index in [2.05, 4.69) is 6.58 Å². The molecule has 0 heterocycles. The lowest BCUT2D eigenvalue weighted by Crippen LogP contribution is -2.22. The van der Waals surface area contributed by atoms with Crippen LogP contribution in [0.15, 0.2) is 24.6 Å². The molecule has 0 spiro atoms. The Morgan fingerprint density at radius 1 is 1.62 bits per heavy atom. The molecule has 0 fully saturated rings. The van der Waals surface area contributed by atoms with Crippen LogP contribution in [0.1, 0.15) is 27.2 Å². The molecule has 0 radical (unpaired) electrons. The Kier molecular flexibility index (Phi) is 5.12. The third kappa shape index (κ3) is 3.05. The van der Waals surface area contributed by atoms with Gasteiger partial charge in [-0.25, -0.2) is 0 Å². The van der Waals surface area contributed by atoms with Crippen molar-refractivity contribution in [2.24, 2.45) is 5.92 Å². The molecule has 2 heteroatoms. The highest BCUT2D eigenvalue weighted by atomic mass is 16.1. The summed E-state index contributed by atoms with van der Waals surface area (Å²) in [7, 11) is 1.84. The van der Waals surface area contributed by atoms with Crippen LogP contribution in [0.4, 0.5) is 0 Å². The van der Waals surface area contributed by atoms with Crippen molar-refractivity contribution in [2.45, 2.75) is 27.2 Å². The summed E-state index contributed by atoms with van der Waals surface area (Å²) < 4.78 is 0. The Balaban J connectivity index is 4.61. The summed E-state index contributed by atoms with van der Waals surface area (Å²) in [6.07, 6.45) is 4.35. The van der Waals surface area contributed by atoms with Crippen LogP contribution in [0, 0.1) is 5.92 Å². The van der Waals surface area contributed by atoms with Gasteiger partial charge in [0, 0.05) is 13.0 Å². The van der Waals surface area contributed by atoms with Gasteiger partial charge in [-0.05, 0) is 19.5 Å². The van der Waals surface area contributed by atoms with Crippen molar-refractivity contribution in [3.8, 4) is 0 Å². The highest BCUT2D eigenvalue weighted by molar-refractivity contribution is 5.96. The van der Waals surface area contributed by atoms with Gasteiger partial charge in [-0.15, -0.1) is 0 Å². The number of allylic oxidation sites excluding steroid dienone is 2. The predicted octanol–water partition coefficient (Wildman–Crippen LogP) is 2.58.